The fourth-order valence-electron chi connectivity index (χ4n) is 1.53. The quantitative estimate of drug-likeness (QED) is 0.311. The van der Waals surface area contributed by atoms with Crippen molar-refractivity contribution >= 4 is 15.9 Å². The normalized spacial score (nSPS) is 16.8. The number of nitrogens with zero attached hydrogens (tertiary/aromatic N) is 1. The molecule has 2 rings (SSSR count). The fourth-order valence-corrected chi connectivity index (χ4v) is 2.89. The fraction of sp³-hybridized carbons (Fsp3) is 0.364. The lowest BCUT2D eigenvalue weighted by molar-refractivity contribution is 0.318. The monoisotopic (exact) mass is 269 g/mol. The molecule has 1 aromatic carbocycles. The highest BCUT2D eigenvalue weighted by atomic mass is 32.2. The summed E-state index contributed by atoms with van der Waals surface area (Å²) in [7, 11) is -3.15. The van der Waals surface area contributed by atoms with E-state index in [4.69, 9.17) is 10.9 Å². The van der Waals surface area contributed by atoms with Gasteiger partial charge in [-0.15, -0.1) is 0 Å². The van der Waals surface area contributed by atoms with Gasteiger partial charge in [0.25, 0.3) is 0 Å². The van der Waals surface area contributed by atoms with Crippen molar-refractivity contribution in [3.05, 3.63) is 35.4 Å². The SMILES string of the molecule is NC(=NO)c1ccc(CNS(=O)(=O)C2CC2)cc1. The second-order valence-electron chi connectivity index (χ2n) is 4.25. The largest absolute Gasteiger partial charge is 0.409 e. The van der Waals surface area contributed by atoms with Crippen LogP contribution in [-0.4, -0.2) is 24.7 Å². The van der Waals surface area contributed by atoms with Crippen molar-refractivity contribution < 1.29 is 13.6 Å². The van der Waals surface area contributed by atoms with Crippen molar-refractivity contribution in [1.29, 1.82) is 0 Å². The Balaban J connectivity index is 1.98. The Kier molecular flexibility index (Phi) is 3.53. The lowest BCUT2D eigenvalue weighted by atomic mass is 10.1. The molecule has 0 radical (unpaired) electrons. The Hall–Kier alpha value is -1.60. The van der Waals surface area contributed by atoms with Crippen LogP contribution in [0.5, 0.6) is 0 Å². The zero-order valence-electron chi connectivity index (χ0n) is 9.70. The smallest absolute Gasteiger partial charge is 0.214 e. The van der Waals surface area contributed by atoms with Gasteiger partial charge in [0.15, 0.2) is 5.84 Å². The number of benzene rings is 1. The molecule has 0 atom stereocenters. The van der Waals surface area contributed by atoms with Crippen molar-refractivity contribution in [3.8, 4) is 0 Å². The summed E-state index contributed by atoms with van der Waals surface area (Å²) in [5, 5.41) is 11.2. The van der Waals surface area contributed by atoms with Gasteiger partial charge >= 0.3 is 0 Å². The predicted octanol–water partition coefficient (Wildman–Crippen LogP) is 0.363. The molecule has 1 fully saturated rings. The van der Waals surface area contributed by atoms with Crippen molar-refractivity contribution in [2.45, 2.75) is 24.6 Å². The number of sulfonamides is 1. The van der Waals surface area contributed by atoms with E-state index >= 15 is 0 Å². The third-order valence-electron chi connectivity index (χ3n) is 2.80. The number of hydrogen-bond donors (Lipinski definition) is 3. The Morgan fingerprint density at radius 2 is 2.00 bits per heavy atom. The van der Waals surface area contributed by atoms with Crippen molar-refractivity contribution in [1.82, 2.24) is 4.72 Å². The molecule has 0 unspecified atom stereocenters. The molecule has 1 saturated carbocycles. The van der Waals surface area contributed by atoms with E-state index in [0.29, 0.717) is 5.56 Å². The van der Waals surface area contributed by atoms with Gasteiger partial charge in [-0.25, -0.2) is 13.1 Å². The highest BCUT2D eigenvalue weighted by Crippen LogP contribution is 2.27. The summed E-state index contributed by atoms with van der Waals surface area (Å²) >= 11 is 0. The number of oxime groups is 1. The highest BCUT2D eigenvalue weighted by Gasteiger charge is 2.35. The van der Waals surface area contributed by atoms with Crippen LogP contribution >= 0.6 is 0 Å². The van der Waals surface area contributed by atoms with Crippen LogP contribution in [0.15, 0.2) is 29.4 Å². The minimum Gasteiger partial charge on any atom is -0.409 e. The summed E-state index contributed by atoms with van der Waals surface area (Å²) in [6.45, 7) is 0.259. The molecule has 1 aliphatic rings. The Labute approximate surface area is 106 Å². The molecule has 7 heteroatoms. The molecule has 0 heterocycles. The van der Waals surface area contributed by atoms with E-state index in [0.717, 1.165) is 18.4 Å². The molecule has 4 N–H and O–H groups in total. The van der Waals surface area contributed by atoms with Gasteiger partial charge < -0.3 is 10.9 Å². The summed E-state index contributed by atoms with van der Waals surface area (Å²) in [6, 6.07) is 6.83. The van der Waals surface area contributed by atoms with Crippen LogP contribution < -0.4 is 10.5 Å². The van der Waals surface area contributed by atoms with Crippen LogP contribution in [0, 0.1) is 0 Å². The highest BCUT2D eigenvalue weighted by molar-refractivity contribution is 7.90. The summed E-state index contributed by atoms with van der Waals surface area (Å²) in [6.07, 6.45) is 1.50. The molecule has 18 heavy (non-hydrogen) atoms. The predicted molar refractivity (Wildman–Crippen MR) is 67.7 cm³/mol. The maximum absolute atomic E-state index is 11.6. The number of nitrogens with two attached hydrogens (primary N) is 1. The number of rotatable bonds is 5. The molecule has 1 aliphatic carbocycles. The number of nitrogens with one attached hydrogen (secondary N) is 1. The van der Waals surface area contributed by atoms with E-state index in [2.05, 4.69) is 9.88 Å². The molecule has 0 saturated heterocycles. The van der Waals surface area contributed by atoms with Gasteiger partial charge in [0.1, 0.15) is 0 Å². The third kappa shape index (κ3) is 2.99. The van der Waals surface area contributed by atoms with E-state index in [-0.39, 0.29) is 17.6 Å². The number of hydrogen-bond acceptors (Lipinski definition) is 4. The van der Waals surface area contributed by atoms with Crippen LogP contribution in [-0.2, 0) is 16.6 Å². The average molecular weight is 269 g/mol. The third-order valence-corrected chi connectivity index (χ3v) is 4.69. The lowest BCUT2D eigenvalue weighted by Crippen LogP contribution is -2.26. The minimum atomic E-state index is -3.15. The minimum absolute atomic E-state index is 0.0279. The molecule has 98 valence electrons. The molecule has 6 nitrogen and oxygen atoms in total. The first-order chi connectivity index (χ1) is 8.53. The van der Waals surface area contributed by atoms with Crippen LogP contribution in [0.2, 0.25) is 0 Å². The van der Waals surface area contributed by atoms with E-state index in [9.17, 15) is 8.42 Å². The van der Waals surface area contributed by atoms with Gasteiger partial charge in [0.05, 0.1) is 5.25 Å². The van der Waals surface area contributed by atoms with Gasteiger partial charge in [-0.1, -0.05) is 29.4 Å². The van der Waals surface area contributed by atoms with E-state index in [1.165, 1.54) is 0 Å². The van der Waals surface area contributed by atoms with Gasteiger partial charge in [-0.2, -0.15) is 0 Å². The van der Waals surface area contributed by atoms with Crippen LogP contribution in [0.3, 0.4) is 0 Å². The first kappa shape index (κ1) is 12.8. The van der Waals surface area contributed by atoms with E-state index in [1.807, 2.05) is 0 Å². The molecule has 0 spiro atoms. The first-order valence-electron chi connectivity index (χ1n) is 5.58. The molecule has 0 amide bonds. The van der Waals surface area contributed by atoms with Gasteiger partial charge in [-0.3, -0.25) is 0 Å². The van der Waals surface area contributed by atoms with Crippen LogP contribution in [0.1, 0.15) is 24.0 Å². The number of amidine groups is 1. The molecule has 0 aromatic heterocycles. The molecular formula is C11H15N3O3S. The van der Waals surface area contributed by atoms with Crippen molar-refractivity contribution in [2.24, 2.45) is 10.9 Å². The second-order valence-corrected chi connectivity index (χ2v) is 6.29. The molecular weight excluding hydrogens is 254 g/mol. The maximum Gasteiger partial charge on any atom is 0.214 e. The average Bonchev–Trinajstić information content (AvgIpc) is 3.21. The van der Waals surface area contributed by atoms with Crippen molar-refractivity contribution in [3.63, 3.8) is 0 Å². The lowest BCUT2D eigenvalue weighted by Gasteiger charge is -2.06. The van der Waals surface area contributed by atoms with Crippen LogP contribution in [0.25, 0.3) is 0 Å². The van der Waals surface area contributed by atoms with Gasteiger partial charge in [-0.05, 0) is 18.4 Å². The van der Waals surface area contributed by atoms with Gasteiger partial charge in [0.2, 0.25) is 10.0 Å². The Morgan fingerprint density at radius 3 is 2.50 bits per heavy atom. The maximum atomic E-state index is 11.6. The topological polar surface area (TPSA) is 105 Å². The summed E-state index contributed by atoms with van der Waals surface area (Å²) < 4.78 is 25.8. The zero-order chi connectivity index (χ0) is 13.2. The van der Waals surface area contributed by atoms with E-state index < -0.39 is 10.0 Å². The molecule has 0 bridgehead atoms. The zero-order valence-corrected chi connectivity index (χ0v) is 10.5. The second kappa shape index (κ2) is 4.95. The Morgan fingerprint density at radius 1 is 1.39 bits per heavy atom. The van der Waals surface area contributed by atoms with Crippen LogP contribution in [0.4, 0.5) is 0 Å². The summed E-state index contributed by atoms with van der Waals surface area (Å²) in [4.78, 5) is 0. The Bertz CT molecular complexity index is 547. The standard InChI is InChI=1S/C11H15N3O3S/c12-11(14-15)9-3-1-8(2-4-9)7-13-18(16,17)10-5-6-10/h1-4,10,13,15H,5-7H2,(H2,12,14). The van der Waals surface area contributed by atoms with Crippen molar-refractivity contribution in [2.75, 3.05) is 0 Å². The first-order valence-corrected chi connectivity index (χ1v) is 7.13. The van der Waals surface area contributed by atoms with Gasteiger partial charge in [0, 0.05) is 12.1 Å². The summed E-state index contributed by atoms with van der Waals surface area (Å²) in [5.41, 5.74) is 6.84. The molecule has 1 aromatic rings. The molecule has 0 aliphatic heterocycles. The summed E-state index contributed by atoms with van der Waals surface area (Å²) in [5.74, 6) is 0.0279. The van der Waals surface area contributed by atoms with E-state index in [1.54, 1.807) is 24.3 Å².